The number of hydrogen-bond acceptors (Lipinski definition) is 4. The summed E-state index contributed by atoms with van der Waals surface area (Å²) in [4.78, 5) is 10.7. The lowest BCUT2D eigenvalue weighted by Crippen LogP contribution is -2.34. The van der Waals surface area contributed by atoms with Crippen LogP contribution < -0.4 is 16.4 Å². The van der Waals surface area contributed by atoms with Gasteiger partial charge in [-0.3, -0.25) is 0 Å². The third-order valence-corrected chi connectivity index (χ3v) is 3.87. The fourth-order valence-corrected chi connectivity index (χ4v) is 3.03. The Morgan fingerprint density at radius 1 is 1.25 bits per heavy atom. The van der Waals surface area contributed by atoms with Crippen LogP contribution in [-0.4, -0.2) is 32.5 Å². The van der Waals surface area contributed by atoms with Crippen LogP contribution in [-0.2, 0) is 9.84 Å². The Kier molecular flexibility index (Phi) is 5.52. The van der Waals surface area contributed by atoms with Crippen molar-refractivity contribution in [2.75, 3.05) is 17.3 Å². The van der Waals surface area contributed by atoms with Crippen LogP contribution in [0.1, 0.15) is 25.5 Å². The molecule has 0 fully saturated rings. The fourth-order valence-electron chi connectivity index (χ4n) is 2.02. The van der Waals surface area contributed by atoms with Gasteiger partial charge in [0, 0.05) is 24.0 Å². The minimum Gasteiger partial charge on any atom is -0.351 e. The number of primary amides is 1. The van der Waals surface area contributed by atoms with Crippen LogP contribution in [0.3, 0.4) is 0 Å². The van der Waals surface area contributed by atoms with E-state index in [4.69, 9.17) is 5.73 Å². The molecule has 2 atom stereocenters. The van der Waals surface area contributed by atoms with E-state index in [1.54, 1.807) is 12.1 Å². The van der Waals surface area contributed by atoms with Gasteiger partial charge in [-0.15, -0.1) is 0 Å². The summed E-state index contributed by atoms with van der Waals surface area (Å²) in [6, 6.07) is 6.48. The largest absolute Gasteiger partial charge is 0.351 e. The zero-order valence-corrected chi connectivity index (χ0v) is 12.7. The van der Waals surface area contributed by atoms with Crippen LogP contribution in [0, 0.1) is 0 Å². The summed E-state index contributed by atoms with van der Waals surface area (Å²) in [6.45, 7) is 3.79. The topological polar surface area (TPSA) is 101 Å². The first kappa shape index (κ1) is 16.5. The van der Waals surface area contributed by atoms with Crippen LogP contribution in [0.15, 0.2) is 24.3 Å². The van der Waals surface area contributed by atoms with Gasteiger partial charge in [-0.25, -0.2) is 13.2 Å². The number of benzene rings is 1. The van der Waals surface area contributed by atoms with Gasteiger partial charge in [0.05, 0.1) is 5.75 Å². The van der Waals surface area contributed by atoms with Gasteiger partial charge in [0.25, 0.3) is 0 Å². The third kappa shape index (κ3) is 6.03. The van der Waals surface area contributed by atoms with E-state index in [1.165, 1.54) is 6.26 Å². The minimum atomic E-state index is -3.00. The molecule has 1 aromatic carbocycles. The van der Waals surface area contributed by atoms with Crippen LogP contribution in [0.5, 0.6) is 0 Å². The molecule has 4 N–H and O–H groups in total. The highest BCUT2D eigenvalue weighted by molar-refractivity contribution is 7.90. The summed E-state index contributed by atoms with van der Waals surface area (Å²) in [5.74, 6) is 0.0959. The average Bonchev–Trinajstić information content (AvgIpc) is 2.26. The van der Waals surface area contributed by atoms with E-state index in [9.17, 15) is 13.2 Å². The van der Waals surface area contributed by atoms with Crippen molar-refractivity contribution in [2.45, 2.75) is 25.9 Å². The second kappa shape index (κ2) is 6.71. The van der Waals surface area contributed by atoms with Gasteiger partial charge < -0.3 is 16.4 Å². The van der Waals surface area contributed by atoms with Gasteiger partial charge in [0.15, 0.2) is 0 Å². The third-order valence-electron chi connectivity index (χ3n) is 2.77. The number of urea groups is 1. The first-order valence-electron chi connectivity index (χ1n) is 6.27. The number of anilines is 1. The highest BCUT2D eigenvalue weighted by Gasteiger charge is 2.14. The molecule has 1 rings (SSSR count). The van der Waals surface area contributed by atoms with E-state index >= 15 is 0 Å². The molecule has 0 heterocycles. The van der Waals surface area contributed by atoms with E-state index in [1.807, 2.05) is 26.0 Å². The maximum Gasteiger partial charge on any atom is 0.316 e. The number of carbonyl (C=O) groups is 1. The Bertz CT molecular complexity index is 555. The molecule has 1 aromatic rings. The molecule has 112 valence electrons. The first-order valence-corrected chi connectivity index (χ1v) is 8.33. The lowest BCUT2D eigenvalue weighted by molar-refractivity contribution is 0.259. The molecule has 0 bridgehead atoms. The Balaban J connectivity index is 2.63. The number of carbonyl (C=O) groups excluding carboxylic acids is 1. The second-order valence-corrected chi connectivity index (χ2v) is 7.18. The lowest BCUT2D eigenvalue weighted by atomic mass is 10.1. The van der Waals surface area contributed by atoms with Crippen molar-refractivity contribution in [3.05, 3.63) is 29.8 Å². The van der Waals surface area contributed by atoms with Gasteiger partial charge in [0.1, 0.15) is 9.84 Å². The predicted octanol–water partition coefficient (Wildman–Crippen LogP) is 1.26. The molecule has 7 heteroatoms. The molecule has 2 unspecified atom stereocenters. The molecular weight excluding hydrogens is 278 g/mol. The van der Waals surface area contributed by atoms with Crippen molar-refractivity contribution in [1.82, 2.24) is 5.32 Å². The Hall–Kier alpha value is -1.60. The molecule has 0 aromatic heterocycles. The molecule has 0 radical (unpaired) electrons. The summed E-state index contributed by atoms with van der Waals surface area (Å²) in [5.41, 5.74) is 6.65. The van der Waals surface area contributed by atoms with Crippen molar-refractivity contribution < 1.29 is 13.2 Å². The normalized spacial score (nSPS) is 14.6. The number of rotatable bonds is 6. The SMILES string of the molecule is CC(CS(C)(=O)=O)NC(C)c1ccc(NC(N)=O)cc1. The molecule has 0 aliphatic heterocycles. The minimum absolute atomic E-state index is 0.00868. The van der Waals surface area contributed by atoms with E-state index in [0.717, 1.165) is 5.56 Å². The number of nitrogens with one attached hydrogen (secondary N) is 2. The number of nitrogens with two attached hydrogens (primary N) is 1. The average molecular weight is 299 g/mol. The summed E-state index contributed by atoms with van der Waals surface area (Å²) >= 11 is 0. The smallest absolute Gasteiger partial charge is 0.316 e. The molecule has 20 heavy (non-hydrogen) atoms. The van der Waals surface area contributed by atoms with E-state index < -0.39 is 15.9 Å². The van der Waals surface area contributed by atoms with Crippen LogP contribution >= 0.6 is 0 Å². The molecule has 0 aliphatic carbocycles. The molecular formula is C13H21N3O3S. The van der Waals surface area contributed by atoms with Gasteiger partial charge in [0.2, 0.25) is 0 Å². The van der Waals surface area contributed by atoms with Crippen molar-refractivity contribution in [1.29, 1.82) is 0 Å². The number of amides is 2. The summed E-state index contributed by atoms with van der Waals surface area (Å²) < 4.78 is 22.4. The molecule has 2 amide bonds. The van der Waals surface area contributed by atoms with Crippen molar-refractivity contribution in [2.24, 2.45) is 5.73 Å². The maximum atomic E-state index is 11.2. The molecule has 0 saturated carbocycles. The lowest BCUT2D eigenvalue weighted by Gasteiger charge is -2.20. The quantitative estimate of drug-likeness (QED) is 0.736. The van der Waals surface area contributed by atoms with Crippen molar-refractivity contribution in [3.63, 3.8) is 0 Å². The maximum absolute atomic E-state index is 11.2. The van der Waals surface area contributed by atoms with Crippen LogP contribution in [0.4, 0.5) is 10.5 Å². The Morgan fingerprint density at radius 3 is 2.25 bits per heavy atom. The first-order chi connectivity index (χ1) is 9.17. The second-order valence-electron chi connectivity index (χ2n) is 4.99. The highest BCUT2D eigenvalue weighted by Crippen LogP contribution is 2.16. The summed E-state index contributed by atoms with van der Waals surface area (Å²) in [5, 5.41) is 5.70. The monoisotopic (exact) mass is 299 g/mol. The summed E-state index contributed by atoms with van der Waals surface area (Å²) in [7, 11) is -3.00. The Morgan fingerprint density at radius 2 is 1.80 bits per heavy atom. The molecule has 0 saturated heterocycles. The Labute approximate surface area is 119 Å². The standard InChI is InChI=1S/C13H21N3O3S/c1-9(8-20(3,18)19)15-10(2)11-4-6-12(7-5-11)16-13(14)17/h4-7,9-10,15H,8H2,1-3H3,(H3,14,16,17). The van der Waals surface area contributed by atoms with Gasteiger partial charge >= 0.3 is 6.03 Å². The fraction of sp³-hybridized carbons (Fsp3) is 0.462. The van der Waals surface area contributed by atoms with Crippen molar-refractivity contribution >= 4 is 21.6 Å². The van der Waals surface area contributed by atoms with E-state index in [-0.39, 0.29) is 17.8 Å². The van der Waals surface area contributed by atoms with Gasteiger partial charge in [-0.05, 0) is 31.5 Å². The van der Waals surface area contributed by atoms with E-state index in [2.05, 4.69) is 10.6 Å². The molecule has 0 spiro atoms. The zero-order chi connectivity index (χ0) is 15.3. The van der Waals surface area contributed by atoms with E-state index in [0.29, 0.717) is 5.69 Å². The summed E-state index contributed by atoms with van der Waals surface area (Å²) in [6.07, 6.45) is 1.22. The number of hydrogen-bond donors (Lipinski definition) is 3. The molecule has 0 aliphatic rings. The van der Waals surface area contributed by atoms with Gasteiger partial charge in [-0.2, -0.15) is 0 Å². The van der Waals surface area contributed by atoms with Crippen LogP contribution in [0.2, 0.25) is 0 Å². The van der Waals surface area contributed by atoms with Crippen LogP contribution in [0.25, 0.3) is 0 Å². The predicted molar refractivity (Wildman–Crippen MR) is 80.4 cm³/mol. The zero-order valence-electron chi connectivity index (χ0n) is 11.9. The highest BCUT2D eigenvalue weighted by atomic mass is 32.2. The van der Waals surface area contributed by atoms with Crippen molar-refractivity contribution in [3.8, 4) is 0 Å². The van der Waals surface area contributed by atoms with Gasteiger partial charge in [-0.1, -0.05) is 12.1 Å². The molecule has 6 nitrogen and oxygen atoms in total. The number of sulfone groups is 1.